The van der Waals surface area contributed by atoms with Crippen LogP contribution in [-0.2, 0) is 22.5 Å². The zero-order valence-corrected chi connectivity index (χ0v) is 14.9. The smallest absolute Gasteiger partial charge is 0.224 e. The van der Waals surface area contributed by atoms with Crippen molar-refractivity contribution in [3.05, 3.63) is 46.8 Å². The number of benzene rings is 1. The fourth-order valence-corrected chi connectivity index (χ4v) is 3.03. The van der Waals surface area contributed by atoms with Crippen molar-refractivity contribution in [1.82, 2.24) is 10.1 Å². The maximum absolute atomic E-state index is 12.1. The van der Waals surface area contributed by atoms with E-state index in [1.807, 2.05) is 26.0 Å². The highest BCUT2D eigenvalue weighted by atomic mass is 16.5. The lowest BCUT2D eigenvalue weighted by Gasteiger charge is -2.26. The molecular weight excluding hydrogens is 318 g/mol. The predicted octanol–water partition coefficient (Wildman–Crippen LogP) is 2.69. The van der Waals surface area contributed by atoms with E-state index in [0.717, 1.165) is 55.6 Å². The summed E-state index contributed by atoms with van der Waals surface area (Å²) in [5.74, 6) is 0.790. The van der Waals surface area contributed by atoms with Crippen LogP contribution in [0.3, 0.4) is 0 Å². The number of aromatic nitrogens is 1. The van der Waals surface area contributed by atoms with Gasteiger partial charge in [-0.15, -0.1) is 0 Å². The molecule has 1 aliphatic rings. The second kappa shape index (κ2) is 8.27. The van der Waals surface area contributed by atoms with Gasteiger partial charge in [0.25, 0.3) is 0 Å². The SMILES string of the molecule is Cc1noc(C)c1CCC(=O)Nc1ccc(CN2CCOCC2)cc1. The molecule has 0 unspecified atom stereocenters. The van der Waals surface area contributed by atoms with Crippen molar-refractivity contribution in [2.45, 2.75) is 33.2 Å². The highest BCUT2D eigenvalue weighted by molar-refractivity contribution is 5.90. The molecule has 1 aromatic heterocycles. The van der Waals surface area contributed by atoms with Crippen LogP contribution in [0.5, 0.6) is 0 Å². The van der Waals surface area contributed by atoms with Crippen LogP contribution in [0.4, 0.5) is 5.69 Å². The van der Waals surface area contributed by atoms with Gasteiger partial charge in [-0.3, -0.25) is 9.69 Å². The minimum Gasteiger partial charge on any atom is -0.379 e. The molecule has 2 heterocycles. The molecule has 6 heteroatoms. The summed E-state index contributed by atoms with van der Waals surface area (Å²) in [6, 6.07) is 8.06. The molecule has 1 aliphatic heterocycles. The van der Waals surface area contributed by atoms with Gasteiger partial charge < -0.3 is 14.6 Å². The molecule has 25 heavy (non-hydrogen) atoms. The van der Waals surface area contributed by atoms with Crippen LogP contribution in [0.1, 0.15) is 29.0 Å². The number of morpholine rings is 1. The maximum atomic E-state index is 12.1. The number of amides is 1. The van der Waals surface area contributed by atoms with Crippen molar-refractivity contribution < 1.29 is 14.1 Å². The number of anilines is 1. The molecule has 3 rings (SSSR count). The Balaban J connectivity index is 1.48. The zero-order chi connectivity index (χ0) is 17.6. The maximum Gasteiger partial charge on any atom is 0.224 e. The fourth-order valence-electron chi connectivity index (χ4n) is 3.03. The Bertz CT molecular complexity index is 684. The van der Waals surface area contributed by atoms with Crippen LogP contribution in [0.2, 0.25) is 0 Å². The Morgan fingerprint density at radius 1 is 1.20 bits per heavy atom. The molecule has 0 radical (unpaired) electrons. The van der Waals surface area contributed by atoms with Crippen LogP contribution >= 0.6 is 0 Å². The number of hydrogen-bond donors (Lipinski definition) is 1. The Morgan fingerprint density at radius 2 is 1.92 bits per heavy atom. The summed E-state index contributed by atoms with van der Waals surface area (Å²) in [6.07, 6.45) is 1.06. The number of nitrogens with one attached hydrogen (secondary N) is 1. The van der Waals surface area contributed by atoms with Crippen LogP contribution in [-0.4, -0.2) is 42.3 Å². The number of ether oxygens (including phenoxy) is 1. The molecule has 6 nitrogen and oxygen atoms in total. The molecule has 1 N–H and O–H groups in total. The van der Waals surface area contributed by atoms with Gasteiger partial charge in [0.05, 0.1) is 18.9 Å². The molecule has 1 fully saturated rings. The van der Waals surface area contributed by atoms with Crippen molar-refractivity contribution in [2.24, 2.45) is 0 Å². The number of aryl methyl sites for hydroxylation is 2. The highest BCUT2D eigenvalue weighted by Gasteiger charge is 2.12. The topological polar surface area (TPSA) is 67.6 Å². The van der Waals surface area contributed by atoms with E-state index in [4.69, 9.17) is 9.26 Å². The molecule has 0 atom stereocenters. The molecule has 1 aromatic carbocycles. The molecule has 0 saturated carbocycles. The van der Waals surface area contributed by atoms with Gasteiger partial charge in [-0.05, 0) is 38.0 Å². The number of rotatable bonds is 6. The lowest BCUT2D eigenvalue weighted by molar-refractivity contribution is -0.116. The van der Waals surface area contributed by atoms with E-state index in [-0.39, 0.29) is 5.91 Å². The summed E-state index contributed by atoms with van der Waals surface area (Å²) in [6.45, 7) is 8.25. The van der Waals surface area contributed by atoms with Crippen molar-refractivity contribution in [3.8, 4) is 0 Å². The number of carbonyl (C=O) groups is 1. The van der Waals surface area contributed by atoms with Crippen LogP contribution in [0.15, 0.2) is 28.8 Å². The van der Waals surface area contributed by atoms with E-state index in [2.05, 4.69) is 27.5 Å². The van der Waals surface area contributed by atoms with E-state index < -0.39 is 0 Å². The summed E-state index contributed by atoms with van der Waals surface area (Å²) < 4.78 is 10.5. The lowest BCUT2D eigenvalue weighted by Crippen LogP contribution is -2.35. The van der Waals surface area contributed by atoms with Crippen molar-refractivity contribution in [3.63, 3.8) is 0 Å². The Kier molecular flexibility index (Phi) is 5.83. The lowest BCUT2D eigenvalue weighted by atomic mass is 10.1. The monoisotopic (exact) mass is 343 g/mol. The van der Waals surface area contributed by atoms with E-state index in [9.17, 15) is 4.79 Å². The van der Waals surface area contributed by atoms with Crippen molar-refractivity contribution >= 4 is 11.6 Å². The summed E-state index contributed by atoms with van der Waals surface area (Å²) in [7, 11) is 0. The van der Waals surface area contributed by atoms with Gasteiger partial charge in [-0.2, -0.15) is 0 Å². The van der Waals surface area contributed by atoms with E-state index in [1.54, 1.807) is 0 Å². The second-order valence-electron chi connectivity index (χ2n) is 6.44. The van der Waals surface area contributed by atoms with Crippen LogP contribution in [0, 0.1) is 13.8 Å². The molecule has 134 valence electrons. The van der Waals surface area contributed by atoms with E-state index >= 15 is 0 Å². The molecule has 0 bridgehead atoms. The number of carbonyl (C=O) groups excluding carboxylic acids is 1. The summed E-state index contributed by atoms with van der Waals surface area (Å²) in [5.41, 5.74) is 3.96. The van der Waals surface area contributed by atoms with Gasteiger partial charge in [0.15, 0.2) is 0 Å². The van der Waals surface area contributed by atoms with Crippen molar-refractivity contribution in [2.75, 3.05) is 31.6 Å². The Morgan fingerprint density at radius 3 is 2.56 bits per heavy atom. The molecule has 1 amide bonds. The average Bonchev–Trinajstić information content (AvgIpc) is 2.94. The first-order valence-corrected chi connectivity index (χ1v) is 8.72. The van der Waals surface area contributed by atoms with Gasteiger partial charge in [-0.25, -0.2) is 0 Å². The van der Waals surface area contributed by atoms with Crippen molar-refractivity contribution in [1.29, 1.82) is 0 Å². The Labute approximate surface area is 148 Å². The van der Waals surface area contributed by atoms with Crippen LogP contribution < -0.4 is 5.32 Å². The summed E-state index contributed by atoms with van der Waals surface area (Å²) in [5, 5.41) is 6.87. The minimum atomic E-state index is 0.000860. The Hall–Kier alpha value is -2.18. The summed E-state index contributed by atoms with van der Waals surface area (Å²) >= 11 is 0. The van der Waals surface area contributed by atoms with Gasteiger partial charge in [0.1, 0.15) is 5.76 Å². The number of hydrogen-bond acceptors (Lipinski definition) is 5. The first-order valence-electron chi connectivity index (χ1n) is 8.72. The normalized spacial score (nSPS) is 15.3. The number of nitrogens with zero attached hydrogens (tertiary/aromatic N) is 2. The van der Waals surface area contributed by atoms with Crippen LogP contribution in [0.25, 0.3) is 0 Å². The minimum absolute atomic E-state index is 0.000860. The molecular formula is C19H25N3O3. The molecule has 1 saturated heterocycles. The van der Waals surface area contributed by atoms with Gasteiger partial charge in [0, 0.05) is 37.3 Å². The molecule has 0 aliphatic carbocycles. The van der Waals surface area contributed by atoms with Gasteiger partial charge >= 0.3 is 0 Å². The quantitative estimate of drug-likeness (QED) is 0.873. The third kappa shape index (κ3) is 4.90. The first-order chi connectivity index (χ1) is 12.1. The summed E-state index contributed by atoms with van der Waals surface area (Å²) in [4.78, 5) is 14.5. The second-order valence-corrected chi connectivity index (χ2v) is 6.44. The standard InChI is InChI=1S/C19H25N3O3/c1-14-18(15(2)25-21-14)7-8-19(23)20-17-5-3-16(4-6-17)13-22-9-11-24-12-10-22/h3-6H,7-13H2,1-2H3,(H,20,23). The predicted molar refractivity (Wildman–Crippen MR) is 95.5 cm³/mol. The first kappa shape index (κ1) is 17.6. The van der Waals surface area contributed by atoms with Gasteiger partial charge in [-0.1, -0.05) is 17.3 Å². The third-order valence-electron chi connectivity index (χ3n) is 4.53. The van der Waals surface area contributed by atoms with Gasteiger partial charge in [0.2, 0.25) is 5.91 Å². The van der Waals surface area contributed by atoms with E-state index in [0.29, 0.717) is 12.8 Å². The van der Waals surface area contributed by atoms with E-state index in [1.165, 1.54) is 5.56 Å². The fraction of sp³-hybridized carbons (Fsp3) is 0.474. The molecule has 0 spiro atoms. The molecule has 2 aromatic rings. The highest BCUT2D eigenvalue weighted by Crippen LogP contribution is 2.16. The largest absolute Gasteiger partial charge is 0.379 e. The third-order valence-corrected chi connectivity index (χ3v) is 4.53. The average molecular weight is 343 g/mol. The zero-order valence-electron chi connectivity index (χ0n) is 14.9.